The molecular weight excluding hydrogens is 347 g/mol. The molecule has 1 N–H and O–H groups in total. The van der Waals surface area contributed by atoms with E-state index in [1.807, 2.05) is 0 Å². The van der Waals surface area contributed by atoms with Crippen molar-refractivity contribution in [1.29, 1.82) is 0 Å². The van der Waals surface area contributed by atoms with Crippen LogP contribution >= 0.6 is 0 Å². The molecule has 4 nitrogen and oxygen atoms in total. The van der Waals surface area contributed by atoms with Gasteiger partial charge >= 0.3 is 18.9 Å². The van der Waals surface area contributed by atoms with Gasteiger partial charge < -0.3 is 31.7 Å². The van der Waals surface area contributed by atoms with E-state index in [-0.39, 0.29) is 41.6 Å². The molecule has 2 spiro atoms. The van der Waals surface area contributed by atoms with Crippen molar-refractivity contribution in [2.75, 3.05) is 19.8 Å². The monoisotopic (exact) mass is 376 g/mol. The number of fused-ring (bicyclic) bond motifs is 6. The van der Waals surface area contributed by atoms with Crippen molar-refractivity contribution >= 4 is 0 Å². The second kappa shape index (κ2) is 6.13. The standard InChI is InChI=1S/C23H29O4.Li/c1-3-22(24)7-6-17-16-5-4-15-12-23(26-10-11-27-23)9-8-20(15,2)19(16)18-13-21(17,22)14-25-18;/h4,16-19,24H,5-14H2,2H3;/q-1;+1/t16-,17-,18-,19+,20-,21+,22-;/m0./s1. The van der Waals surface area contributed by atoms with Crippen LogP contribution in [0.5, 0.6) is 0 Å². The van der Waals surface area contributed by atoms with Gasteiger partial charge in [-0.3, -0.25) is 0 Å². The molecule has 146 valence electrons. The molecule has 0 aromatic heterocycles. The average Bonchev–Trinajstić information content (AvgIpc) is 3.35. The van der Waals surface area contributed by atoms with Gasteiger partial charge in [-0.25, -0.2) is 0 Å². The Kier molecular flexibility index (Phi) is 4.31. The number of aliphatic hydroxyl groups is 1. The molecule has 7 atom stereocenters. The summed E-state index contributed by atoms with van der Waals surface area (Å²) in [5.74, 6) is 3.64. The van der Waals surface area contributed by atoms with E-state index in [9.17, 15) is 5.11 Å². The Bertz CT molecular complexity index is 752. The second-order valence-electron chi connectivity index (χ2n) is 10.2. The third kappa shape index (κ3) is 2.19. The van der Waals surface area contributed by atoms with Gasteiger partial charge in [0.1, 0.15) is 0 Å². The Morgan fingerprint density at radius 2 is 2.00 bits per heavy atom. The molecule has 2 saturated heterocycles. The maximum absolute atomic E-state index is 11.2. The summed E-state index contributed by atoms with van der Waals surface area (Å²) in [5, 5.41) is 11.2. The van der Waals surface area contributed by atoms with E-state index in [2.05, 4.69) is 18.9 Å². The van der Waals surface area contributed by atoms with Crippen molar-refractivity contribution < 1.29 is 38.2 Å². The molecule has 4 aliphatic carbocycles. The Labute approximate surface area is 179 Å². The summed E-state index contributed by atoms with van der Waals surface area (Å²) in [6, 6.07) is 0. The van der Waals surface area contributed by atoms with E-state index in [4.69, 9.17) is 20.6 Å². The van der Waals surface area contributed by atoms with Crippen LogP contribution in [0.25, 0.3) is 0 Å². The van der Waals surface area contributed by atoms with E-state index in [1.165, 1.54) is 5.57 Å². The van der Waals surface area contributed by atoms with Gasteiger partial charge in [0, 0.05) is 18.3 Å². The molecule has 0 amide bonds. The van der Waals surface area contributed by atoms with Gasteiger partial charge in [0.05, 0.1) is 31.5 Å². The summed E-state index contributed by atoms with van der Waals surface area (Å²) in [6.07, 6.45) is 17.0. The minimum Gasteiger partial charge on any atom is -0.691 e. The SMILES string of the molecule is [C-]#C[C@]1(O)CC[C@H]2[C@@H]3CC=C4CC5(CC[C@]4(C)[C@H]3[C@@H]3C[C@@]21CO3)OCCO5.[Li+]. The molecule has 5 heteroatoms. The first-order chi connectivity index (χ1) is 13.0. The van der Waals surface area contributed by atoms with Crippen molar-refractivity contribution in [3.63, 3.8) is 0 Å². The maximum Gasteiger partial charge on any atom is 1.00 e. The predicted octanol–water partition coefficient (Wildman–Crippen LogP) is 0.00599. The van der Waals surface area contributed by atoms with E-state index in [0.29, 0.717) is 44.0 Å². The molecule has 28 heavy (non-hydrogen) atoms. The van der Waals surface area contributed by atoms with Crippen LogP contribution in [-0.4, -0.2) is 42.4 Å². The van der Waals surface area contributed by atoms with Crippen LogP contribution in [0.4, 0.5) is 0 Å². The normalized spacial score (nSPS) is 52.8. The topological polar surface area (TPSA) is 47.9 Å². The Hall–Kier alpha value is -0.263. The number of allylic oxidation sites excluding steroid dienone is 1. The molecule has 3 saturated carbocycles. The fourth-order valence-corrected chi connectivity index (χ4v) is 8.14. The minimum atomic E-state index is -1.09. The Balaban J connectivity index is 0.00000171. The smallest absolute Gasteiger partial charge is 0.691 e. The van der Waals surface area contributed by atoms with E-state index in [1.54, 1.807) is 0 Å². The maximum atomic E-state index is 11.2. The Morgan fingerprint density at radius 1 is 1.21 bits per heavy atom. The van der Waals surface area contributed by atoms with Crippen LogP contribution in [0.3, 0.4) is 0 Å². The molecule has 2 bridgehead atoms. The summed E-state index contributed by atoms with van der Waals surface area (Å²) in [5.41, 5.74) is 0.270. The third-order valence-corrected chi connectivity index (χ3v) is 9.46. The van der Waals surface area contributed by atoms with Gasteiger partial charge in [-0.15, -0.1) is 0 Å². The molecule has 2 heterocycles. The quantitative estimate of drug-likeness (QED) is 0.280. The molecule has 5 fully saturated rings. The molecular formula is C23H29LiO4. The number of rotatable bonds is 0. The van der Waals surface area contributed by atoms with Crippen LogP contribution in [0.15, 0.2) is 11.6 Å². The molecule has 6 aliphatic rings. The second-order valence-corrected chi connectivity index (χ2v) is 10.2. The summed E-state index contributed by atoms with van der Waals surface area (Å²) in [6.45, 7) is 4.46. The summed E-state index contributed by atoms with van der Waals surface area (Å²) >= 11 is 0. The molecule has 0 unspecified atom stereocenters. The first-order valence-corrected chi connectivity index (χ1v) is 10.7. The first kappa shape index (κ1) is 19.7. The van der Waals surface area contributed by atoms with Gasteiger partial charge in [0.15, 0.2) is 5.79 Å². The van der Waals surface area contributed by atoms with Crippen LogP contribution in [-0.2, 0) is 14.2 Å². The van der Waals surface area contributed by atoms with E-state index < -0.39 is 5.60 Å². The zero-order chi connectivity index (χ0) is 18.5. The van der Waals surface area contributed by atoms with Gasteiger partial charge in [-0.2, -0.15) is 0 Å². The van der Waals surface area contributed by atoms with E-state index >= 15 is 0 Å². The molecule has 0 aromatic carbocycles. The van der Waals surface area contributed by atoms with Crippen molar-refractivity contribution in [3.05, 3.63) is 18.1 Å². The zero-order valence-corrected chi connectivity index (χ0v) is 17.1. The molecule has 2 aliphatic heterocycles. The van der Waals surface area contributed by atoms with Crippen molar-refractivity contribution in [3.8, 4) is 5.92 Å². The summed E-state index contributed by atoms with van der Waals surface area (Å²) < 4.78 is 18.5. The average molecular weight is 376 g/mol. The zero-order valence-electron chi connectivity index (χ0n) is 17.1. The van der Waals surface area contributed by atoms with Crippen molar-refractivity contribution in [2.45, 2.75) is 69.4 Å². The fraction of sp³-hybridized carbons (Fsp3) is 0.826. The van der Waals surface area contributed by atoms with Crippen molar-refractivity contribution in [1.82, 2.24) is 0 Å². The van der Waals surface area contributed by atoms with Crippen LogP contribution < -0.4 is 18.9 Å². The van der Waals surface area contributed by atoms with Gasteiger partial charge in [-0.05, 0) is 55.3 Å². The van der Waals surface area contributed by atoms with Gasteiger partial charge in [0.25, 0.3) is 0 Å². The molecule has 6 rings (SSSR count). The van der Waals surface area contributed by atoms with Gasteiger partial charge in [0.2, 0.25) is 0 Å². The number of ether oxygens (including phenoxy) is 3. The molecule has 0 radical (unpaired) electrons. The third-order valence-electron chi connectivity index (χ3n) is 9.46. The summed E-state index contributed by atoms with van der Waals surface area (Å²) in [7, 11) is 0. The molecule has 0 aromatic rings. The summed E-state index contributed by atoms with van der Waals surface area (Å²) in [4.78, 5) is 0. The number of hydrogen-bond donors (Lipinski definition) is 1. The predicted molar refractivity (Wildman–Crippen MR) is 97.9 cm³/mol. The van der Waals surface area contributed by atoms with E-state index in [0.717, 1.165) is 38.5 Å². The Morgan fingerprint density at radius 3 is 2.75 bits per heavy atom. The first-order valence-electron chi connectivity index (χ1n) is 10.7. The largest absolute Gasteiger partial charge is 1.00 e. The van der Waals surface area contributed by atoms with Crippen molar-refractivity contribution in [2.24, 2.45) is 28.6 Å². The van der Waals surface area contributed by atoms with Gasteiger partial charge in [-0.1, -0.05) is 18.6 Å². The fourth-order valence-electron chi connectivity index (χ4n) is 8.14. The van der Waals surface area contributed by atoms with Crippen LogP contribution in [0, 0.1) is 40.9 Å². The van der Waals surface area contributed by atoms with Crippen LogP contribution in [0.1, 0.15) is 51.9 Å². The number of hydrogen-bond acceptors (Lipinski definition) is 4. The minimum absolute atomic E-state index is 0. The van der Waals surface area contributed by atoms with Crippen LogP contribution in [0.2, 0.25) is 0 Å².